The minimum atomic E-state index is -0.116. The van der Waals surface area contributed by atoms with Gasteiger partial charge in [0.15, 0.2) is 0 Å². The number of pyridine rings is 1. The van der Waals surface area contributed by atoms with Crippen LogP contribution in [0, 0.1) is 5.92 Å². The fourth-order valence-electron chi connectivity index (χ4n) is 3.84. The summed E-state index contributed by atoms with van der Waals surface area (Å²) < 4.78 is 6.62. The van der Waals surface area contributed by atoms with Crippen molar-refractivity contribution in [2.45, 2.75) is 19.3 Å². The van der Waals surface area contributed by atoms with Crippen molar-refractivity contribution in [3.8, 4) is 0 Å². The first-order chi connectivity index (χ1) is 13.0. The Hall–Kier alpha value is -2.12. The van der Waals surface area contributed by atoms with E-state index in [1.54, 1.807) is 37.5 Å². The molecule has 148 valence electrons. The molecule has 0 aromatic carbocycles. The number of likely N-dealkylation sites (tertiary alicyclic amines) is 1. The highest BCUT2D eigenvalue weighted by Gasteiger charge is 2.22. The lowest BCUT2D eigenvalue weighted by Gasteiger charge is -2.32. The first-order valence-electron chi connectivity index (χ1n) is 9.64. The van der Waals surface area contributed by atoms with Gasteiger partial charge in [0.1, 0.15) is 5.52 Å². The van der Waals surface area contributed by atoms with E-state index in [0.29, 0.717) is 22.4 Å². The quantitative estimate of drug-likeness (QED) is 0.801. The predicted octanol–water partition coefficient (Wildman–Crippen LogP) is 1.69. The second-order valence-corrected chi connectivity index (χ2v) is 7.52. The lowest BCUT2D eigenvalue weighted by molar-refractivity contribution is 0.0772. The van der Waals surface area contributed by atoms with Crippen molar-refractivity contribution in [1.29, 1.82) is 0 Å². The first-order valence-corrected chi connectivity index (χ1v) is 9.64. The van der Waals surface area contributed by atoms with Crippen molar-refractivity contribution in [1.82, 2.24) is 19.4 Å². The second kappa shape index (κ2) is 8.71. The third-order valence-corrected chi connectivity index (χ3v) is 5.66. The van der Waals surface area contributed by atoms with Crippen LogP contribution in [0.25, 0.3) is 10.9 Å². The van der Waals surface area contributed by atoms with Gasteiger partial charge in [0.2, 0.25) is 0 Å². The minimum Gasteiger partial charge on any atom is -0.383 e. The fraction of sp³-hybridized carbons (Fsp3) is 0.600. The summed E-state index contributed by atoms with van der Waals surface area (Å²) in [5.74, 6) is 0.624. The Kier molecular flexibility index (Phi) is 6.34. The molecule has 27 heavy (non-hydrogen) atoms. The van der Waals surface area contributed by atoms with E-state index in [1.165, 1.54) is 17.4 Å². The summed E-state index contributed by atoms with van der Waals surface area (Å²) in [4.78, 5) is 32.3. The molecule has 7 heteroatoms. The van der Waals surface area contributed by atoms with Gasteiger partial charge in [0, 0.05) is 52.1 Å². The average molecular weight is 374 g/mol. The Bertz CT molecular complexity index is 833. The van der Waals surface area contributed by atoms with Gasteiger partial charge in [-0.05, 0) is 44.3 Å². The number of amides is 1. The number of ether oxygens (including phenoxy) is 1. The number of nitrogens with zero attached hydrogens (tertiary/aromatic N) is 3. The van der Waals surface area contributed by atoms with Crippen LogP contribution < -0.4 is 5.56 Å². The summed E-state index contributed by atoms with van der Waals surface area (Å²) in [6, 6.07) is 1.80. The molecule has 1 saturated heterocycles. The van der Waals surface area contributed by atoms with E-state index in [-0.39, 0.29) is 11.5 Å². The molecule has 0 atom stereocenters. The van der Waals surface area contributed by atoms with E-state index in [1.807, 2.05) is 7.05 Å². The van der Waals surface area contributed by atoms with Gasteiger partial charge in [-0.2, -0.15) is 0 Å². The molecule has 3 heterocycles. The number of methoxy groups -OCH3 is 1. The van der Waals surface area contributed by atoms with Gasteiger partial charge in [0.25, 0.3) is 11.5 Å². The van der Waals surface area contributed by atoms with E-state index in [2.05, 4.69) is 9.88 Å². The normalized spacial score (nSPS) is 16.1. The molecule has 0 saturated carbocycles. The highest BCUT2D eigenvalue weighted by atomic mass is 16.5. The molecule has 0 unspecified atom stereocenters. The number of H-pyrrole nitrogens is 1. The van der Waals surface area contributed by atoms with E-state index >= 15 is 0 Å². The third kappa shape index (κ3) is 4.42. The van der Waals surface area contributed by atoms with Gasteiger partial charge in [-0.1, -0.05) is 0 Å². The molecule has 0 aliphatic carbocycles. The van der Waals surface area contributed by atoms with Gasteiger partial charge in [-0.3, -0.25) is 9.59 Å². The largest absolute Gasteiger partial charge is 0.383 e. The molecule has 1 fully saturated rings. The summed E-state index contributed by atoms with van der Waals surface area (Å²) in [5, 5.41) is 0.696. The molecule has 1 aliphatic rings. The highest BCUT2D eigenvalue weighted by molar-refractivity contribution is 6.05. The molecule has 0 radical (unpaired) electrons. The van der Waals surface area contributed by atoms with Crippen LogP contribution in [0.1, 0.15) is 29.6 Å². The number of hydrogen-bond donors (Lipinski definition) is 1. The molecule has 3 rings (SSSR count). The van der Waals surface area contributed by atoms with Crippen LogP contribution in [-0.4, -0.2) is 72.2 Å². The molecule has 2 aromatic rings. The number of aryl methyl sites for hydroxylation is 1. The zero-order valence-electron chi connectivity index (χ0n) is 16.5. The second-order valence-electron chi connectivity index (χ2n) is 7.52. The summed E-state index contributed by atoms with van der Waals surface area (Å²) in [5.41, 5.74) is 0.944. The molecule has 1 N–H and O–H groups in total. The number of aromatic nitrogens is 2. The average Bonchev–Trinajstić information content (AvgIpc) is 3.17. The molecular formula is C20H30N4O3. The van der Waals surface area contributed by atoms with Crippen molar-refractivity contribution < 1.29 is 9.53 Å². The number of hydrogen-bond acceptors (Lipinski definition) is 4. The third-order valence-electron chi connectivity index (χ3n) is 5.66. The van der Waals surface area contributed by atoms with Crippen molar-refractivity contribution >= 4 is 16.8 Å². The van der Waals surface area contributed by atoms with E-state index in [0.717, 1.165) is 39.2 Å². The highest BCUT2D eigenvalue weighted by Crippen LogP contribution is 2.21. The summed E-state index contributed by atoms with van der Waals surface area (Å²) in [6.07, 6.45) is 6.72. The van der Waals surface area contributed by atoms with E-state index in [9.17, 15) is 9.59 Å². The molecule has 1 aliphatic heterocycles. The van der Waals surface area contributed by atoms with Crippen LogP contribution in [0.15, 0.2) is 23.3 Å². The van der Waals surface area contributed by atoms with Gasteiger partial charge in [-0.15, -0.1) is 0 Å². The van der Waals surface area contributed by atoms with Crippen LogP contribution in [-0.2, 0) is 11.8 Å². The Morgan fingerprint density at radius 1 is 1.37 bits per heavy atom. The minimum absolute atomic E-state index is 0.0345. The lowest BCUT2D eigenvalue weighted by atomic mass is 9.93. The maximum atomic E-state index is 12.9. The fourth-order valence-corrected chi connectivity index (χ4v) is 3.84. The lowest BCUT2D eigenvalue weighted by Crippen LogP contribution is -2.37. The maximum Gasteiger partial charge on any atom is 0.274 e. The smallest absolute Gasteiger partial charge is 0.274 e. The SMILES string of the molecule is COCCN1CCC(CCN(C)C(=O)c2cn(C)c(=O)c3[nH]ccc23)CC1. The molecule has 1 amide bonds. The summed E-state index contributed by atoms with van der Waals surface area (Å²) in [7, 11) is 5.27. The number of fused-ring (bicyclic) bond motifs is 1. The molecule has 2 aromatic heterocycles. The van der Waals surface area contributed by atoms with Crippen molar-refractivity contribution in [3.05, 3.63) is 34.4 Å². The number of carbonyl (C=O) groups is 1. The van der Waals surface area contributed by atoms with E-state index in [4.69, 9.17) is 4.74 Å². The Labute approximate surface area is 159 Å². The Morgan fingerprint density at radius 3 is 2.81 bits per heavy atom. The zero-order valence-corrected chi connectivity index (χ0v) is 16.5. The van der Waals surface area contributed by atoms with Gasteiger partial charge in [0.05, 0.1) is 12.2 Å². The van der Waals surface area contributed by atoms with Gasteiger partial charge < -0.3 is 24.1 Å². The van der Waals surface area contributed by atoms with Gasteiger partial charge in [-0.25, -0.2) is 0 Å². The van der Waals surface area contributed by atoms with Crippen LogP contribution in [0.5, 0.6) is 0 Å². The van der Waals surface area contributed by atoms with Crippen molar-refractivity contribution in [2.75, 3.05) is 46.9 Å². The van der Waals surface area contributed by atoms with Crippen molar-refractivity contribution in [2.24, 2.45) is 13.0 Å². The first kappa shape index (κ1) is 19.6. The van der Waals surface area contributed by atoms with Crippen LogP contribution in [0.3, 0.4) is 0 Å². The summed E-state index contributed by atoms with van der Waals surface area (Å²) in [6.45, 7) is 4.74. The number of nitrogens with one attached hydrogen (secondary N) is 1. The maximum absolute atomic E-state index is 12.9. The number of aromatic amines is 1. The van der Waals surface area contributed by atoms with E-state index < -0.39 is 0 Å². The van der Waals surface area contributed by atoms with Crippen LogP contribution in [0.4, 0.5) is 0 Å². The monoisotopic (exact) mass is 374 g/mol. The number of carbonyl (C=O) groups excluding carboxylic acids is 1. The topological polar surface area (TPSA) is 70.6 Å². The van der Waals surface area contributed by atoms with Crippen LogP contribution in [0.2, 0.25) is 0 Å². The molecular weight excluding hydrogens is 344 g/mol. The molecule has 7 nitrogen and oxygen atoms in total. The summed E-state index contributed by atoms with van der Waals surface area (Å²) >= 11 is 0. The standard InChI is InChI=1S/C20H30N4O3/c1-22(9-5-15-6-10-24(11-7-15)12-13-27-3)19(25)17-14-23(2)20(26)18-16(17)4-8-21-18/h4,8,14-15,21H,5-7,9-13H2,1-3H3. The number of piperidine rings is 1. The Balaban J connectivity index is 1.57. The number of rotatable bonds is 7. The predicted molar refractivity (Wildman–Crippen MR) is 106 cm³/mol. The molecule has 0 spiro atoms. The Morgan fingerprint density at radius 2 is 2.11 bits per heavy atom. The zero-order chi connectivity index (χ0) is 19.4. The van der Waals surface area contributed by atoms with Gasteiger partial charge >= 0.3 is 0 Å². The van der Waals surface area contributed by atoms with Crippen LogP contribution >= 0.6 is 0 Å². The van der Waals surface area contributed by atoms with Crippen molar-refractivity contribution in [3.63, 3.8) is 0 Å². The molecule has 0 bridgehead atoms.